The van der Waals surface area contributed by atoms with Gasteiger partial charge in [0, 0.05) is 19.6 Å². The van der Waals surface area contributed by atoms with Crippen molar-refractivity contribution in [3.05, 3.63) is 61.2 Å². The lowest BCUT2D eigenvalue weighted by Crippen LogP contribution is -2.56. The van der Waals surface area contributed by atoms with Crippen molar-refractivity contribution < 1.29 is 29.0 Å². The number of rotatable bonds is 12. The van der Waals surface area contributed by atoms with Crippen LogP contribution in [0.2, 0.25) is 0 Å². The number of hydrogen-bond donors (Lipinski definition) is 1. The van der Waals surface area contributed by atoms with Gasteiger partial charge >= 0.3 is 5.97 Å². The number of ether oxygens (including phenoxy) is 2. The van der Waals surface area contributed by atoms with Crippen LogP contribution in [0.15, 0.2) is 55.6 Å². The zero-order valence-electron chi connectivity index (χ0n) is 20.9. The zero-order chi connectivity index (χ0) is 25.9. The van der Waals surface area contributed by atoms with E-state index < -0.39 is 35.0 Å². The number of likely N-dealkylation sites (tertiary alicyclic amines) is 1. The second kappa shape index (κ2) is 10.6. The minimum absolute atomic E-state index is 0.0120. The molecule has 1 N–H and O–H groups in total. The Balaban J connectivity index is 1.66. The number of nitrogens with zero attached hydrogens (tertiary/aromatic N) is 2. The first-order chi connectivity index (χ1) is 17.3. The van der Waals surface area contributed by atoms with Gasteiger partial charge in [0.05, 0.1) is 24.7 Å². The molecule has 0 aliphatic carbocycles. The van der Waals surface area contributed by atoms with Crippen molar-refractivity contribution in [3.63, 3.8) is 0 Å². The predicted octanol–water partition coefficient (Wildman–Crippen LogP) is 2.47. The summed E-state index contributed by atoms with van der Waals surface area (Å²) in [6.07, 6.45) is 5.81. The molecule has 0 radical (unpaired) electrons. The van der Waals surface area contributed by atoms with Gasteiger partial charge in [0.15, 0.2) is 0 Å². The second-order valence-corrected chi connectivity index (χ2v) is 10.1. The van der Waals surface area contributed by atoms with Crippen molar-refractivity contribution in [2.75, 3.05) is 26.3 Å². The maximum Gasteiger partial charge on any atom is 0.312 e. The minimum Gasteiger partial charge on any atom is -0.465 e. The number of benzene rings is 1. The van der Waals surface area contributed by atoms with Crippen LogP contribution in [0, 0.1) is 11.8 Å². The molecule has 4 rings (SSSR count). The van der Waals surface area contributed by atoms with Crippen molar-refractivity contribution >= 4 is 17.8 Å². The number of esters is 1. The molecule has 2 unspecified atom stereocenters. The van der Waals surface area contributed by atoms with Gasteiger partial charge in [-0.1, -0.05) is 42.5 Å². The van der Waals surface area contributed by atoms with E-state index in [0.29, 0.717) is 25.8 Å². The van der Waals surface area contributed by atoms with E-state index in [0.717, 1.165) is 12.0 Å². The van der Waals surface area contributed by atoms with Gasteiger partial charge in [0.25, 0.3) is 0 Å². The first kappa shape index (κ1) is 26.1. The van der Waals surface area contributed by atoms with Crippen LogP contribution in [-0.4, -0.2) is 76.2 Å². The Kier molecular flexibility index (Phi) is 7.66. The first-order valence-corrected chi connectivity index (χ1v) is 12.7. The Labute approximate surface area is 212 Å². The summed E-state index contributed by atoms with van der Waals surface area (Å²) in [4.78, 5) is 44.2. The molecule has 2 bridgehead atoms. The summed E-state index contributed by atoms with van der Waals surface area (Å²) in [5.74, 6) is -2.70. The molecule has 1 aromatic rings. The molecule has 8 nitrogen and oxygen atoms in total. The molecule has 194 valence electrons. The van der Waals surface area contributed by atoms with E-state index in [1.165, 1.54) is 4.90 Å². The molecule has 1 aromatic carbocycles. The minimum atomic E-state index is -1.14. The number of β-amino-alcohol motifs (C(OH)–C–C–N with tert-alkyl or cyclic N) is 1. The second-order valence-electron chi connectivity index (χ2n) is 10.1. The summed E-state index contributed by atoms with van der Waals surface area (Å²) in [7, 11) is 0. The van der Waals surface area contributed by atoms with E-state index in [9.17, 15) is 19.5 Å². The van der Waals surface area contributed by atoms with Crippen LogP contribution >= 0.6 is 0 Å². The SMILES string of the molecule is C=CCCCOC(=O)[C@@H]1[C@H]2C(=O)N(CCO)C(C(=O)N(CC=C)Cc3ccccc3)C23CC[C@@]1(C)O3. The highest BCUT2D eigenvalue weighted by atomic mass is 16.6. The number of amides is 2. The Morgan fingerprint density at radius 3 is 2.67 bits per heavy atom. The van der Waals surface area contributed by atoms with Crippen LogP contribution in [0.25, 0.3) is 0 Å². The molecule has 5 atom stereocenters. The Morgan fingerprint density at radius 2 is 2.00 bits per heavy atom. The molecular formula is C28H36N2O6. The summed E-state index contributed by atoms with van der Waals surface area (Å²) in [6.45, 7) is 9.89. The fourth-order valence-electron chi connectivity index (χ4n) is 6.27. The monoisotopic (exact) mass is 496 g/mol. The third-order valence-electron chi connectivity index (χ3n) is 7.78. The highest BCUT2D eigenvalue weighted by Crippen LogP contribution is 2.63. The summed E-state index contributed by atoms with van der Waals surface area (Å²) in [5.41, 5.74) is -1.08. The zero-order valence-corrected chi connectivity index (χ0v) is 20.9. The fourth-order valence-corrected chi connectivity index (χ4v) is 6.27. The smallest absolute Gasteiger partial charge is 0.312 e. The number of hydrogen-bond acceptors (Lipinski definition) is 6. The summed E-state index contributed by atoms with van der Waals surface area (Å²) >= 11 is 0. The molecule has 3 aliphatic rings. The van der Waals surface area contributed by atoms with Crippen molar-refractivity contribution in [2.24, 2.45) is 11.8 Å². The van der Waals surface area contributed by atoms with Crippen molar-refractivity contribution in [2.45, 2.75) is 56.4 Å². The summed E-state index contributed by atoms with van der Waals surface area (Å²) in [6, 6.07) is 8.66. The molecule has 8 heteroatoms. The van der Waals surface area contributed by atoms with Crippen LogP contribution in [-0.2, 0) is 30.4 Å². The molecule has 3 fully saturated rings. The highest BCUT2D eigenvalue weighted by molar-refractivity contribution is 5.98. The summed E-state index contributed by atoms with van der Waals surface area (Å²) in [5, 5.41) is 9.77. The van der Waals surface area contributed by atoms with E-state index in [-0.39, 0.29) is 38.1 Å². The largest absolute Gasteiger partial charge is 0.465 e. The number of carbonyl (C=O) groups is 3. The molecule has 3 heterocycles. The maximum absolute atomic E-state index is 14.1. The number of aliphatic hydroxyl groups is 1. The molecule has 0 saturated carbocycles. The van der Waals surface area contributed by atoms with Gasteiger partial charge in [-0.25, -0.2) is 0 Å². The molecule has 3 aliphatic heterocycles. The van der Waals surface area contributed by atoms with E-state index >= 15 is 0 Å². The van der Waals surface area contributed by atoms with Crippen molar-refractivity contribution in [1.82, 2.24) is 9.80 Å². The Bertz CT molecular complexity index is 1010. The van der Waals surface area contributed by atoms with E-state index in [1.54, 1.807) is 17.1 Å². The van der Waals surface area contributed by atoms with E-state index in [4.69, 9.17) is 9.47 Å². The van der Waals surface area contributed by atoms with Gasteiger partial charge in [0.2, 0.25) is 11.8 Å². The fraction of sp³-hybridized carbons (Fsp3) is 0.536. The number of allylic oxidation sites excluding steroid dienone is 1. The number of fused-ring (bicyclic) bond motifs is 1. The number of aliphatic hydroxyl groups excluding tert-OH is 1. The standard InChI is InChI=1S/C28H36N2O6/c1-4-6-10-18-35-26(34)22-21-24(32)30(16-17-31)23(28(21)14-13-27(22,3)36-28)25(33)29(15-5-2)19-20-11-8-7-9-12-20/h4-5,7-9,11-12,21-23,31H,1-2,6,10,13-19H2,3H3/t21-,22-,23?,27+,28?/m0/s1. The third kappa shape index (κ3) is 4.37. The molecule has 2 amide bonds. The number of carbonyl (C=O) groups excluding carboxylic acids is 3. The average molecular weight is 497 g/mol. The maximum atomic E-state index is 14.1. The van der Waals surface area contributed by atoms with Gasteiger partial charge in [-0.15, -0.1) is 13.2 Å². The Hall–Kier alpha value is -2.97. The lowest BCUT2D eigenvalue weighted by Gasteiger charge is -2.36. The van der Waals surface area contributed by atoms with Crippen LogP contribution in [0.5, 0.6) is 0 Å². The van der Waals surface area contributed by atoms with Crippen LogP contribution in [0.4, 0.5) is 0 Å². The normalized spacial score (nSPS) is 30.2. The third-order valence-corrected chi connectivity index (χ3v) is 7.78. The van der Waals surface area contributed by atoms with Gasteiger partial charge in [0.1, 0.15) is 17.6 Å². The van der Waals surface area contributed by atoms with Gasteiger partial charge in [-0.2, -0.15) is 0 Å². The lowest BCUT2D eigenvalue weighted by molar-refractivity contribution is -0.160. The van der Waals surface area contributed by atoms with E-state index in [1.807, 2.05) is 37.3 Å². The van der Waals surface area contributed by atoms with Crippen molar-refractivity contribution in [1.29, 1.82) is 0 Å². The molecular weight excluding hydrogens is 460 g/mol. The van der Waals surface area contributed by atoms with Gasteiger partial charge < -0.3 is 24.4 Å². The van der Waals surface area contributed by atoms with E-state index in [2.05, 4.69) is 13.2 Å². The molecule has 1 spiro atoms. The van der Waals surface area contributed by atoms with Crippen LogP contribution in [0.1, 0.15) is 38.2 Å². The molecule has 0 aromatic heterocycles. The lowest BCUT2D eigenvalue weighted by atomic mass is 9.66. The predicted molar refractivity (Wildman–Crippen MR) is 133 cm³/mol. The first-order valence-electron chi connectivity index (χ1n) is 12.7. The molecule has 36 heavy (non-hydrogen) atoms. The number of unbranched alkanes of at least 4 members (excludes halogenated alkanes) is 1. The topological polar surface area (TPSA) is 96.4 Å². The quantitative estimate of drug-likeness (QED) is 0.271. The Morgan fingerprint density at radius 1 is 1.25 bits per heavy atom. The van der Waals surface area contributed by atoms with Gasteiger partial charge in [-0.05, 0) is 38.2 Å². The van der Waals surface area contributed by atoms with Crippen molar-refractivity contribution in [3.8, 4) is 0 Å². The molecule has 3 saturated heterocycles. The van der Waals surface area contributed by atoms with Crippen LogP contribution in [0.3, 0.4) is 0 Å². The van der Waals surface area contributed by atoms with Gasteiger partial charge in [-0.3, -0.25) is 14.4 Å². The van der Waals surface area contributed by atoms with Crippen LogP contribution < -0.4 is 0 Å². The average Bonchev–Trinajstić information content (AvgIpc) is 3.43. The highest BCUT2D eigenvalue weighted by Gasteiger charge is 2.78. The summed E-state index contributed by atoms with van der Waals surface area (Å²) < 4.78 is 12.1.